The van der Waals surface area contributed by atoms with Gasteiger partial charge in [-0.3, -0.25) is 0 Å². The quantitative estimate of drug-likeness (QED) is 0.522. The molecule has 0 aliphatic carbocycles. The van der Waals surface area contributed by atoms with Crippen molar-refractivity contribution in [2.24, 2.45) is 0 Å². The van der Waals surface area contributed by atoms with Crippen molar-refractivity contribution < 1.29 is 13.3 Å². The lowest BCUT2D eigenvalue weighted by Gasteiger charge is -2.26. The average Bonchev–Trinajstić information content (AvgIpc) is 2.45. The minimum Gasteiger partial charge on any atom is -0.540 e. The van der Waals surface area contributed by atoms with Crippen LogP contribution in [0.1, 0.15) is 0 Å². The van der Waals surface area contributed by atoms with Gasteiger partial charge >= 0.3 is 0 Å². The molecule has 1 aromatic rings. The molecule has 3 nitrogen and oxygen atoms in total. The van der Waals surface area contributed by atoms with Crippen LogP contribution in [0.5, 0.6) is 17.2 Å². The van der Waals surface area contributed by atoms with Gasteiger partial charge in [-0.2, -0.15) is 0 Å². The minimum absolute atomic E-state index is 0.752. The Balaban J connectivity index is 3.25. The monoisotopic (exact) mass is 378 g/mol. The summed E-state index contributed by atoms with van der Waals surface area (Å²) in [7, 11) is -5.89. The molecule has 0 saturated heterocycles. The van der Waals surface area contributed by atoms with E-state index in [2.05, 4.69) is 59.0 Å². The summed E-state index contributed by atoms with van der Waals surface area (Å²) in [5, 5.41) is 0. The van der Waals surface area contributed by atoms with Crippen molar-refractivity contribution in [3.05, 3.63) is 55.0 Å². The number of benzene rings is 1. The van der Waals surface area contributed by atoms with E-state index in [1.807, 2.05) is 35.3 Å². The third-order valence-corrected chi connectivity index (χ3v) is 8.71. The minimum atomic E-state index is -1.96. The van der Waals surface area contributed by atoms with E-state index in [4.69, 9.17) is 13.3 Å². The SMILES string of the molecule is C=C[Si](C)(C)Oc1cc(O[Si](C)(C)C=C)cc(O[Si](C)(C)C=C)c1. The molecule has 0 bridgehead atoms. The molecule has 0 heterocycles. The van der Waals surface area contributed by atoms with Crippen LogP contribution in [0, 0.1) is 0 Å². The van der Waals surface area contributed by atoms with Crippen LogP contribution in [0.3, 0.4) is 0 Å². The Hall–Kier alpha value is -1.51. The van der Waals surface area contributed by atoms with Gasteiger partial charge in [-0.15, -0.1) is 19.7 Å². The van der Waals surface area contributed by atoms with Gasteiger partial charge in [0.05, 0.1) is 0 Å². The first kappa shape index (κ1) is 20.5. The fourth-order valence-electron chi connectivity index (χ4n) is 1.76. The summed E-state index contributed by atoms with van der Waals surface area (Å²) in [6.07, 6.45) is 0. The van der Waals surface area contributed by atoms with Crippen LogP contribution in [0.2, 0.25) is 39.3 Å². The van der Waals surface area contributed by atoms with Gasteiger partial charge in [-0.1, -0.05) is 17.1 Å². The first-order valence-corrected chi connectivity index (χ1v) is 17.0. The predicted octanol–water partition coefficient (Wildman–Crippen LogP) is 5.61. The summed E-state index contributed by atoms with van der Waals surface area (Å²) in [4.78, 5) is 0. The molecule has 0 N–H and O–H groups in total. The van der Waals surface area contributed by atoms with Crippen LogP contribution in [-0.2, 0) is 0 Å². The molecule has 0 unspecified atom stereocenters. The first-order chi connectivity index (χ1) is 10.9. The maximum Gasteiger partial charge on any atom is 0.269 e. The lowest BCUT2D eigenvalue weighted by molar-refractivity contribution is 0.515. The molecule has 0 saturated carbocycles. The second-order valence-corrected chi connectivity index (χ2v) is 18.8. The molecule has 0 amide bonds. The van der Waals surface area contributed by atoms with Crippen molar-refractivity contribution >= 4 is 25.0 Å². The molecule has 0 aromatic heterocycles. The predicted molar refractivity (Wildman–Crippen MR) is 111 cm³/mol. The van der Waals surface area contributed by atoms with E-state index in [1.165, 1.54) is 0 Å². The second kappa shape index (κ2) is 7.59. The molecule has 0 aliphatic heterocycles. The summed E-state index contributed by atoms with van der Waals surface area (Å²) in [6, 6.07) is 5.77. The summed E-state index contributed by atoms with van der Waals surface area (Å²) in [5.74, 6) is 2.25. The zero-order chi connectivity index (χ0) is 18.6. The summed E-state index contributed by atoms with van der Waals surface area (Å²) in [6.45, 7) is 24.2. The van der Waals surface area contributed by atoms with Crippen LogP contribution in [0.15, 0.2) is 55.0 Å². The van der Waals surface area contributed by atoms with E-state index in [1.54, 1.807) is 0 Å². The number of hydrogen-bond acceptors (Lipinski definition) is 3. The van der Waals surface area contributed by atoms with Crippen LogP contribution in [-0.4, -0.2) is 25.0 Å². The summed E-state index contributed by atoms with van der Waals surface area (Å²) < 4.78 is 18.5. The highest BCUT2D eigenvalue weighted by Gasteiger charge is 2.25. The van der Waals surface area contributed by atoms with E-state index in [9.17, 15) is 0 Å². The van der Waals surface area contributed by atoms with E-state index in [-0.39, 0.29) is 0 Å². The Kier molecular flexibility index (Phi) is 6.49. The van der Waals surface area contributed by atoms with E-state index >= 15 is 0 Å². The molecule has 0 fully saturated rings. The Morgan fingerprint density at radius 2 is 0.792 bits per heavy atom. The number of rotatable bonds is 9. The Labute approximate surface area is 150 Å². The van der Waals surface area contributed by atoms with Crippen molar-refractivity contribution in [1.29, 1.82) is 0 Å². The third kappa shape index (κ3) is 6.54. The fourth-order valence-corrected chi connectivity index (χ4v) is 4.18. The van der Waals surface area contributed by atoms with Gasteiger partial charge in [0, 0.05) is 18.2 Å². The third-order valence-electron chi connectivity index (χ3n) is 3.47. The highest BCUT2D eigenvalue weighted by molar-refractivity contribution is 6.77. The second-order valence-electron chi connectivity index (χ2n) is 7.37. The smallest absolute Gasteiger partial charge is 0.269 e. The zero-order valence-electron chi connectivity index (χ0n) is 15.8. The van der Waals surface area contributed by atoms with Crippen molar-refractivity contribution in [3.8, 4) is 17.2 Å². The van der Waals surface area contributed by atoms with Gasteiger partial charge in [0.2, 0.25) is 0 Å². The van der Waals surface area contributed by atoms with Crippen molar-refractivity contribution in [2.75, 3.05) is 0 Å². The van der Waals surface area contributed by atoms with Crippen LogP contribution < -0.4 is 13.3 Å². The molecule has 0 radical (unpaired) electrons. The van der Waals surface area contributed by atoms with Gasteiger partial charge in [-0.05, 0) is 39.3 Å². The summed E-state index contributed by atoms with van der Waals surface area (Å²) in [5.41, 5.74) is 5.73. The number of hydrogen-bond donors (Lipinski definition) is 0. The van der Waals surface area contributed by atoms with Crippen molar-refractivity contribution in [3.63, 3.8) is 0 Å². The van der Waals surface area contributed by atoms with Gasteiger partial charge < -0.3 is 13.3 Å². The summed E-state index contributed by atoms with van der Waals surface area (Å²) >= 11 is 0. The lowest BCUT2D eigenvalue weighted by atomic mass is 10.3. The molecule has 0 spiro atoms. The maximum absolute atomic E-state index is 6.17. The lowest BCUT2D eigenvalue weighted by Crippen LogP contribution is -2.33. The van der Waals surface area contributed by atoms with Gasteiger partial charge in [0.25, 0.3) is 25.0 Å². The van der Waals surface area contributed by atoms with Crippen LogP contribution in [0.4, 0.5) is 0 Å². The maximum atomic E-state index is 6.17. The standard InChI is InChI=1S/C18H30O3Si3/c1-10-22(4,5)19-16-13-17(20-23(6,7)11-2)15-18(14-16)21-24(8,9)12-3/h10-15H,1-3H2,4-9H3. The first-order valence-electron chi connectivity index (χ1n) is 8.05. The highest BCUT2D eigenvalue weighted by atomic mass is 28.4. The van der Waals surface area contributed by atoms with Crippen LogP contribution >= 0.6 is 0 Å². The molecule has 6 heteroatoms. The largest absolute Gasteiger partial charge is 0.540 e. The van der Waals surface area contributed by atoms with E-state index in [0.717, 1.165) is 17.2 Å². The zero-order valence-corrected chi connectivity index (χ0v) is 18.8. The van der Waals surface area contributed by atoms with E-state index in [0.29, 0.717) is 0 Å². The van der Waals surface area contributed by atoms with Gasteiger partial charge in [-0.25, -0.2) is 0 Å². The average molecular weight is 379 g/mol. The molecule has 0 atom stereocenters. The van der Waals surface area contributed by atoms with Crippen molar-refractivity contribution in [2.45, 2.75) is 39.3 Å². The van der Waals surface area contributed by atoms with Gasteiger partial charge in [0.1, 0.15) is 17.2 Å². The normalized spacial score (nSPS) is 12.2. The topological polar surface area (TPSA) is 27.7 Å². The molecule has 132 valence electrons. The van der Waals surface area contributed by atoms with E-state index < -0.39 is 25.0 Å². The Morgan fingerprint density at radius 1 is 0.583 bits per heavy atom. The Morgan fingerprint density at radius 3 is 0.958 bits per heavy atom. The molecule has 1 rings (SSSR count). The molecule has 24 heavy (non-hydrogen) atoms. The molecule has 0 aliphatic rings. The molecular weight excluding hydrogens is 348 g/mol. The van der Waals surface area contributed by atoms with Crippen molar-refractivity contribution in [1.82, 2.24) is 0 Å². The van der Waals surface area contributed by atoms with Gasteiger partial charge in [0.15, 0.2) is 0 Å². The Bertz CT molecular complexity index is 524. The highest BCUT2D eigenvalue weighted by Crippen LogP contribution is 2.32. The molecular formula is C18H30O3Si3. The van der Waals surface area contributed by atoms with Crippen LogP contribution in [0.25, 0.3) is 0 Å². The fraction of sp³-hybridized carbons (Fsp3) is 0.333. The molecule has 1 aromatic carbocycles.